The zero-order valence-corrected chi connectivity index (χ0v) is 16.7. The molecule has 3 heterocycles. The maximum absolute atomic E-state index is 12.8. The van der Waals surface area contributed by atoms with Gasteiger partial charge in [0.05, 0.1) is 35.7 Å². The van der Waals surface area contributed by atoms with Gasteiger partial charge in [0.1, 0.15) is 4.88 Å². The molecule has 0 unspecified atom stereocenters. The van der Waals surface area contributed by atoms with E-state index in [-0.39, 0.29) is 17.5 Å². The fraction of sp³-hybridized carbons (Fsp3) is 0.556. The molecule has 3 rings (SSSR count). The first-order valence-corrected chi connectivity index (χ1v) is 9.87. The van der Waals surface area contributed by atoms with Crippen LogP contribution in [0.15, 0.2) is 22.6 Å². The lowest BCUT2D eigenvalue weighted by Crippen LogP contribution is -2.43. The first kappa shape index (κ1) is 19.5. The maximum Gasteiger partial charge on any atom is 0.269 e. The number of aromatic nitrogens is 3. The van der Waals surface area contributed by atoms with E-state index in [1.165, 1.54) is 16.0 Å². The fourth-order valence-corrected chi connectivity index (χ4v) is 4.01. The number of hydrogen-bond donors (Lipinski definition) is 0. The van der Waals surface area contributed by atoms with Crippen molar-refractivity contribution in [1.82, 2.24) is 19.7 Å². The molecule has 0 bridgehead atoms. The van der Waals surface area contributed by atoms with Crippen LogP contribution in [0.4, 0.5) is 5.69 Å². The van der Waals surface area contributed by atoms with Crippen LogP contribution in [0, 0.1) is 6.92 Å². The Bertz CT molecular complexity index is 850. The van der Waals surface area contributed by atoms with E-state index < -0.39 is 0 Å². The number of likely N-dealkylation sites (tertiary alicyclic amines) is 1. The molecule has 1 aliphatic heterocycles. The average Bonchev–Trinajstić information content (AvgIpc) is 3.11. The minimum atomic E-state index is -0.148. The molecule has 0 radical (unpaired) electrons. The molecule has 2 aromatic rings. The Labute approximate surface area is 162 Å². The van der Waals surface area contributed by atoms with Crippen LogP contribution >= 0.6 is 11.3 Å². The molecule has 27 heavy (non-hydrogen) atoms. The van der Waals surface area contributed by atoms with Gasteiger partial charge < -0.3 is 14.5 Å². The van der Waals surface area contributed by atoms with E-state index >= 15 is 0 Å². The van der Waals surface area contributed by atoms with E-state index in [0.29, 0.717) is 31.1 Å². The van der Waals surface area contributed by atoms with Crippen LogP contribution in [0.1, 0.15) is 34.2 Å². The number of thiazole rings is 1. The van der Waals surface area contributed by atoms with Crippen LogP contribution < -0.4 is 10.5 Å². The number of hydrogen-bond acceptors (Lipinski definition) is 7. The second-order valence-corrected chi connectivity index (χ2v) is 7.58. The van der Waals surface area contributed by atoms with Crippen LogP contribution in [0.2, 0.25) is 0 Å². The number of rotatable bonds is 6. The Hall–Kier alpha value is -2.26. The summed E-state index contributed by atoms with van der Waals surface area (Å²) in [6.07, 6.45) is 3.38. The number of carbonyl (C=O) groups is 1. The monoisotopic (exact) mass is 391 g/mol. The summed E-state index contributed by atoms with van der Waals surface area (Å²) in [6.45, 7) is 4.29. The van der Waals surface area contributed by atoms with Gasteiger partial charge in [-0.25, -0.2) is 9.67 Å². The minimum absolute atomic E-state index is 0.0105. The van der Waals surface area contributed by atoms with E-state index in [2.05, 4.69) is 10.1 Å². The normalized spacial score (nSPS) is 17.1. The van der Waals surface area contributed by atoms with Gasteiger partial charge >= 0.3 is 0 Å². The second kappa shape index (κ2) is 8.62. The topological polar surface area (TPSA) is 80.6 Å². The highest BCUT2D eigenvalue weighted by Gasteiger charge is 2.28. The molecule has 0 N–H and O–H groups in total. The highest BCUT2D eigenvalue weighted by Crippen LogP contribution is 2.23. The molecule has 1 amide bonds. The highest BCUT2D eigenvalue weighted by atomic mass is 32.1. The van der Waals surface area contributed by atoms with E-state index in [1.54, 1.807) is 29.8 Å². The van der Waals surface area contributed by atoms with Gasteiger partial charge in [-0.2, -0.15) is 5.10 Å². The Morgan fingerprint density at radius 2 is 2.30 bits per heavy atom. The maximum atomic E-state index is 12.8. The Kier molecular flexibility index (Phi) is 6.22. The molecule has 8 nitrogen and oxygen atoms in total. The van der Waals surface area contributed by atoms with E-state index in [9.17, 15) is 9.59 Å². The van der Waals surface area contributed by atoms with Gasteiger partial charge in [0, 0.05) is 39.9 Å². The van der Waals surface area contributed by atoms with Crippen molar-refractivity contribution in [2.75, 3.05) is 45.3 Å². The standard InChI is InChI=1S/C18H25N5O3S/c1-13-17(27-12-19-13)18(25)22-6-4-5-14(11-22)23-16(24)9-15(10-20-23)21(2)7-8-26-3/h9-10,12,14H,4-8,11H2,1-3H3/t14-/m0/s1. The van der Waals surface area contributed by atoms with Gasteiger partial charge in [-0.05, 0) is 19.8 Å². The lowest BCUT2D eigenvalue weighted by atomic mass is 10.1. The van der Waals surface area contributed by atoms with Gasteiger partial charge in [-0.1, -0.05) is 0 Å². The smallest absolute Gasteiger partial charge is 0.269 e. The minimum Gasteiger partial charge on any atom is -0.383 e. The lowest BCUT2D eigenvalue weighted by molar-refractivity contribution is 0.0674. The van der Waals surface area contributed by atoms with Crippen molar-refractivity contribution in [3.05, 3.63) is 38.7 Å². The summed E-state index contributed by atoms with van der Waals surface area (Å²) < 4.78 is 6.58. The van der Waals surface area contributed by atoms with Crippen LogP contribution in [0.25, 0.3) is 0 Å². The second-order valence-electron chi connectivity index (χ2n) is 6.73. The molecule has 0 spiro atoms. The quantitative estimate of drug-likeness (QED) is 0.744. The number of methoxy groups -OCH3 is 1. The predicted octanol–water partition coefficient (Wildman–Crippen LogP) is 1.57. The number of amides is 1. The molecule has 0 saturated carbocycles. The first-order valence-electron chi connectivity index (χ1n) is 8.99. The summed E-state index contributed by atoms with van der Waals surface area (Å²) in [4.78, 5) is 33.9. The molecule has 1 saturated heterocycles. The summed E-state index contributed by atoms with van der Waals surface area (Å²) >= 11 is 1.36. The summed E-state index contributed by atoms with van der Waals surface area (Å²) in [7, 11) is 3.55. The molecule has 0 aliphatic carbocycles. The zero-order valence-electron chi connectivity index (χ0n) is 15.9. The van der Waals surface area contributed by atoms with Crippen molar-refractivity contribution < 1.29 is 9.53 Å². The molecule has 146 valence electrons. The van der Waals surface area contributed by atoms with Crippen LogP contribution in [0.5, 0.6) is 0 Å². The van der Waals surface area contributed by atoms with Crippen molar-refractivity contribution in [3.63, 3.8) is 0 Å². The number of likely N-dealkylation sites (N-methyl/N-ethyl adjacent to an activating group) is 1. The molecule has 1 atom stereocenters. The van der Waals surface area contributed by atoms with Crippen LogP contribution in [-0.2, 0) is 4.74 Å². The summed E-state index contributed by atoms with van der Waals surface area (Å²) in [6, 6.07) is 1.48. The lowest BCUT2D eigenvalue weighted by Gasteiger charge is -2.33. The Morgan fingerprint density at radius 3 is 2.96 bits per heavy atom. The third kappa shape index (κ3) is 4.36. The van der Waals surface area contributed by atoms with Crippen LogP contribution in [-0.4, -0.2) is 66.0 Å². The molecule has 1 aliphatic rings. The van der Waals surface area contributed by atoms with Crippen molar-refractivity contribution in [2.24, 2.45) is 0 Å². The van der Waals surface area contributed by atoms with E-state index in [1.807, 2.05) is 18.9 Å². The molecular weight excluding hydrogens is 366 g/mol. The third-order valence-electron chi connectivity index (χ3n) is 4.85. The van der Waals surface area contributed by atoms with E-state index in [4.69, 9.17) is 4.74 Å². The number of carbonyl (C=O) groups excluding carboxylic acids is 1. The van der Waals surface area contributed by atoms with Crippen molar-refractivity contribution in [2.45, 2.75) is 25.8 Å². The fourth-order valence-electron chi connectivity index (χ4n) is 3.24. The number of anilines is 1. The van der Waals surface area contributed by atoms with Gasteiger partial charge in [0.25, 0.3) is 11.5 Å². The first-order chi connectivity index (χ1) is 13.0. The van der Waals surface area contributed by atoms with Crippen LogP contribution in [0.3, 0.4) is 0 Å². The summed E-state index contributed by atoms with van der Waals surface area (Å²) in [5.74, 6) is -0.0105. The molecule has 1 fully saturated rings. The zero-order chi connectivity index (χ0) is 19.4. The molecular formula is C18H25N5O3S. The molecule has 0 aromatic carbocycles. The van der Waals surface area contributed by atoms with Gasteiger partial charge in [-0.15, -0.1) is 11.3 Å². The SMILES string of the molecule is COCCN(C)c1cnn([C@H]2CCCN(C(=O)c3scnc3C)C2)c(=O)c1. The number of aryl methyl sites for hydroxylation is 1. The number of ether oxygens (including phenoxy) is 1. The van der Waals surface area contributed by atoms with Gasteiger partial charge in [-0.3, -0.25) is 9.59 Å². The van der Waals surface area contributed by atoms with Crippen molar-refractivity contribution >= 4 is 22.9 Å². The highest BCUT2D eigenvalue weighted by molar-refractivity contribution is 7.11. The summed E-state index contributed by atoms with van der Waals surface area (Å²) in [5.41, 5.74) is 3.06. The predicted molar refractivity (Wildman–Crippen MR) is 105 cm³/mol. The summed E-state index contributed by atoms with van der Waals surface area (Å²) in [5, 5.41) is 4.38. The number of nitrogens with zero attached hydrogens (tertiary/aromatic N) is 5. The Balaban J connectivity index is 1.73. The van der Waals surface area contributed by atoms with Crippen molar-refractivity contribution in [1.29, 1.82) is 0 Å². The van der Waals surface area contributed by atoms with Crippen molar-refractivity contribution in [3.8, 4) is 0 Å². The van der Waals surface area contributed by atoms with Gasteiger partial charge in [0.15, 0.2) is 0 Å². The average molecular weight is 391 g/mol. The third-order valence-corrected chi connectivity index (χ3v) is 5.77. The van der Waals surface area contributed by atoms with Gasteiger partial charge in [0.2, 0.25) is 0 Å². The molecule has 2 aromatic heterocycles. The Morgan fingerprint density at radius 1 is 1.48 bits per heavy atom. The van der Waals surface area contributed by atoms with E-state index in [0.717, 1.165) is 24.2 Å². The number of piperidine rings is 1. The largest absolute Gasteiger partial charge is 0.383 e. The molecule has 9 heteroatoms.